The van der Waals surface area contributed by atoms with Gasteiger partial charge in [0, 0.05) is 52.9 Å². The number of phenolic OH excluding ortho intramolecular Hbond substituents is 1. The van der Waals surface area contributed by atoms with Crippen LogP contribution >= 0.6 is 11.8 Å². The summed E-state index contributed by atoms with van der Waals surface area (Å²) in [4.78, 5) is 76.7. The van der Waals surface area contributed by atoms with Gasteiger partial charge in [0.05, 0.1) is 17.7 Å². The van der Waals surface area contributed by atoms with Gasteiger partial charge in [-0.25, -0.2) is 9.59 Å². The van der Waals surface area contributed by atoms with Gasteiger partial charge >= 0.3 is 11.9 Å². The number of carbonyl (C=O) groups is 5. The minimum absolute atomic E-state index is 0.00704. The predicted octanol–water partition coefficient (Wildman–Crippen LogP) is 3.64. The molecule has 1 fully saturated rings. The number of anilines is 1. The molecule has 214 valence electrons. The van der Waals surface area contributed by atoms with Crippen molar-refractivity contribution in [2.24, 2.45) is 0 Å². The van der Waals surface area contributed by atoms with Crippen LogP contribution in [0.1, 0.15) is 29.6 Å². The molecule has 0 saturated carbocycles. The molecule has 5 rings (SSSR count). The molecule has 0 radical (unpaired) electrons. The molecule has 13 heteroatoms. The molecule has 1 saturated heterocycles. The van der Waals surface area contributed by atoms with E-state index in [9.17, 15) is 39.0 Å². The Morgan fingerprint density at radius 1 is 0.952 bits per heavy atom. The van der Waals surface area contributed by atoms with Gasteiger partial charge in [-0.15, -0.1) is 5.06 Å². The number of phenols is 1. The summed E-state index contributed by atoms with van der Waals surface area (Å²) in [7, 11) is 0. The highest BCUT2D eigenvalue weighted by Crippen LogP contribution is 2.42. The Kier molecular flexibility index (Phi) is 7.93. The van der Waals surface area contributed by atoms with E-state index in [0.717, 1.165) is 11.8 Å². The fraction of sp³-hybridized carbons (Fsp3) is 0.172. The van der Waals surface area contributed by atoms with Crippen LogP contribution in [0.2, 0.25) is 0 Å². The molecule has 2 aliphatic heterocycles. The molecule has 2 aromatic rings. The molecule has 0 atom stereocenters. The Labute approximate surface area is 241 Å². The number of nitrogens with zero attached hydrogens (tertiary/aromatic N) is 1. The number of hydroxylamine groups is 2. The third-order valence-corrected chi connectivity index (χ3v) is 7.32. The number of aromatic carboxylic acids is 1. The number of hydrogen-bond donors (Lipinski definition) is 3. The molecule has 0 aromatic heterocycles. The second-order valence-corrected chi connectivity index (χ2v) is 10.4. The first-order chi connectivity index (χ1) is 20.1. The first-order valence-electron chi connectivity index (χ1n) is 12.6. The van der Waals surface area contributed by atoms with Crippen molar-refractivity contribution in [3.8, 4) is 28.2 Å². The van der Waals surface area contributed by atoms with Crippen LogP contribution in [-0.2, 0) is 24.0 Å². The van der Waals surface area contributed by atoms with E-state index in [4.69, 9.17) is 9.25 Å². The Morgan fingerprint density at radius 3 is 2.45 bits per heavy atom. The summed E-state index contributed by atoms with van der Waals surface area (Å²) in [5, 5.41) is 23.6. The second kappa shape index (κ2) is 11.7. The van der Waals surface area contributed by atoms with Gasteiger partial charge in [-0.1, -0.05) is 0 Å². The number of carboxylic acid groups (broad SMARTS) is 1. The number of thioether (sulfide) groups is 1. The predicted molar refractivity (Wildman–Crippen MR) is 151 cm³/mol. The standard InChI is InChI=1S/C29H22N2O10S/c32-16-2-5-19-22(12-16)40-23-13-17(33)3-6-20(23)28(19)21-11-15(1-4-18(21)29(38)39)30-24(34)14-42-10-9-27(37)41-31-25(35)7-8-26(31)36/h1-6,11-13,32H,7-10,14H2,(H,30,34)(H,38,39). The topological polar surface area (TPSA) is 181 Å². The number of fused-ring (bicyclic) bond motifs is 2. The van der Waals surface area contributed by atoms with Gasteiger partial charge in [0.1, 0.15) is 17.1 Å². The summed E-state index contributed by atoms with van der Waals surface area (Å²) in [6.07, 6.45) is -0.147. The van der Waals surface area contributed by atoms with Gasteiger partial charge in [-0.05, 0) is 48.0 Å². The SMILES string of the molecule is O=C(CSCCC(=O)ON1C(=O)CCC1=O)Nc1ccc(C(=O)O)c(-c2c3ccc(=O)cc-3oc3cc(O)ccc23)c1. The van der Waals surface area contributed by atoms with Gasteiger partial charge in [-0.2, -0.15) is 11.8 Å². The first kappa shape index (κ1) is 28.4. The Morgan fingerprint density at radius 2 is 1.71 bits per heavy atom. The number of hydrogen-bond acceptors (Lipinski definition) is 10. The third-order valence-electron chi connectivity index (χ3n) is 6.36. The fourth-order valence-electron chi connectivity index (χ4n) is 4.49. The molecule has 1 aliphatic carbocycles. The molecule has 0 unspecified atom stereocenters. The summed E-state index contributed by atoms with van der Waals surface area (Å²) in [5.41, 5.74) is 1.27. The number of amides is 3. The van der Waals surface area contributed by atoms with Crippen molar-refractivity contribution in [1.29, 1.82) is 0 Å². The van der Waals surface area contributed by atoms with E-state index in [1.165, 1.54) is 48.5 Å². The van der Waals surface area contributed by atoms with Crippen LogP contribution in [0.3, 0.4) is 0 Å². The van der Waals surface area contributed by atoms with E-state index in [1.807, 2.05) is 0 Å². The van der Waals surface area contributed by atoms with Crippen LogP contribution in [0, 0.1) is 0 Å². The minimum atomic E-state index is -1.22. The van der Waals surface area contributed by atoms with Gasteiger partial charge in [0.25, 0.3) is 11.8 Å². The Bertz CT molecular complexity index is 1780. The van der Waals surface area contributed by atoms with Crippen LogP contribution < -0.4 is 10.7 Å². The maximum Gasteiger partial charge on any atom is 0.336 e. The number of benzene rings is 3. The van der Waals surface area contributed by atoms with E-state index in [2.05, 4.69) is 5.32 Å². The first-order valence-corrected chi connectivity index (χ1v) is 13.8. The van der Waals surface area contributed by atoms with E-state index in [-0.39, 0.29) is 64.4 Å². The molecule has 0 bridgehead atoms. The lowest BCUT2D eigenvalue weighted by Gasteiger charge is -2.18. The lowest BCUT2D eigenvalue weighted by molar-refractivity contribution is -0.197. The number of carbonyl (C=O) groups excluding carboxylic acids is 4. The summed E-state index contributed by atoms with van der Waals surface area (Å²) < 4.78 is 5.84. The van der Waals surface area contributed by atoms with Crippen molar-refractivity contribution in [3.63, 3.8) is 0 Å². The van der Waals surface area contributed by atoms with Gasteiger partial charge in [-0.3, -0.25) is 19.2 Å². The summed E-state index contributed by atoms with van der Waals surface area (Å²) in [5.74, 6) is -3.33. The number of rotatable bonds is 9. The second-order valence-electron chi connectivity index (χ2n) is 9.28. The monoisotopic (exact) mass is 590 g/mol. The highest BCUT2D eigenvalue weighted by molar-refractivity contribution is 7.99. The Hall–Kier alpha value is -5.17. The number of aromatic hydroxyl groups is 1. The molecule has 3 aliphatic rings. The van der Waals surface area contributed by atoms with E-state index in [1.54, 1.807) is 6.07 Å². The van der Waals surface area contributed by atoms with Gasteiger partial charge < -0.3 is 24.8 Å². The van der Waals surface area contributed by atoms with Crippen molar-refractivity contribution in [3.05, 3.63) is 70.4 Å². The van der Waals surface area contributed by atoms with Crippen LogP contribution in [0.25, 0.3) is 33.4 Å². The third kappa shape index (κ3) is 5.95. The maximum atomic E-state index is 12.6. The number of nitrogens with one attached hydrogen (secondary N) is 1. The van der Waals surface area contributed by atoms with E-state index < -0.39 is 29.7 Å². The number of imide groups is 1. The minimum Gasteiger partial charge on any atom is -0.508 e. The summed E-state index contributed by atoms with van der Waals surface area (Å²) in [6, 6.07) is 12.8. The van der Waals surface area contributed by atoms with Crippen LogP contribution in [0.4, 0.5) is 5.69 Å². The van der Waals surface area contributed by atoms with Crippen molar-refractivity contribution >= 4 is 58.1 Å². The quantitative estimate of drug-likeness (QED) is 0.147. The van der Waals surface area contributed by atoms with Gasteiger partial charge in [0.15, 0.2) is 5.43 Å². The fourth-order valence-corrected chi connectivity index (χ4v) is 5.20. The average Bonchev–Trinajstić information content (AvgIpc) is 3.25. The van der Waals surface area contributed by atoms with Gasteiger partial charge in [0.2, 0.25) is 5.91 Å². The zero-order chi connectivity index (χ0) is 30.0. The zero-order valence-electron chi connectivity index (χ0n) is 21.7. The van der Waals surface area contributed by atoms with E-state index in [0.29, 0.717) is 27.3 Å². The Balaban J connectivity index is 1.35. The molecule has 2 aromatic carbocycles. The molecular weight excluding hydrogens is 568 g/mol. The van der Waals surface area contributed by atoms with Crippen molar-refractivity contribution < 1.29 is 43.4 Å². The van der Waals surface area contributed by atoms with Crippen LogP contribution in [0.5, 0.6) is 5.75 Å². The largest absolute Gasteiger partial charge is 0.508 e. The van der Waals surface area contributed by atoms with E-state index >= 15 is 0 Å². The molecule has 0 spiro atoms. The van der Waals surface area contributed by atoms with Crippen LogP contribution in [0.15, 0.2) is 63.8 Å². The van der Waals surface area contributed by atoms with Crippen molar-refractivity contribution in [2.75, 3.05) is 16.8 Å². The van der Waals surface area contributed by atoms with Crippen LogP contribution in [-0.4, -0.2) is 56.4 Å². The molecule has 2 heterocycles. The van der Waals surface area contributed by atoms with Crippen molar-refractivity contribution in [1.82, 2.24) is 5.06 Å². The maximum absolute atomic E-state index is 12.6. The number of carboxylic acids is 1. The molecule has 3 N–H and O–H groups in total. The summed E-state index contributed by atoms with van der Waals surface area (Å²) >= 11 is 1.12. The zero-order valence-corrected chi connectivity index (χ0v) is 22.6. The average molecular weight is 591 g/mol. The highest BCUT2D eigenvalue weighted by Gasteiger charge is 2.32. The highest BCUT2D eigenvalue weighted by atomic mass is 32.2. The molecule has 42 heavy (non-hydrogen) atoms. The summed E-state index contributed by atoms with van der Waals surface area (Å²) in [6.45, 7) is 0. The lowest BCUT2D eigenvalue weighted by atomic mass is 9.90. The molecule has 3 amide bonds. The normalized spacial score (nSPS) is 13.1. The molecular formula is C29H22N2O10S. The van der Waals surface area contributed by atoms with Crippen molar-refractivity contribution in [2.45, 2.75) is 19.3 Å². The smallest absolute Gasteiger partial charge is 0.336 e. The molecule has 12 nitrogen and oxygen atoms in total. The lowest BCUT2D eigenvalue weighted by Crippen LogP contribution is -2.32.